The highest BCUT2D eigenvalue weighted by Crippen LogP contribution is 2.15. The summed E-state index contributed by atoms with van der Waals surface area (Å²) in [5.41, 5.74) is 1.40. The highest BCUT2D eigenvalue weighted by atomic mass is 16.4. The first-order chi connectivity index (χ1) is 7.27. The van der Waals surface area contributed by atoms with Crippen LogP contribution in [0, 0.1) is 0 Å². The third kappa shape index (κ3) is 2.10. The Labute approximate surface area is 87.8 Å². The quantitative estimate of drug-likeness (QED) is 0.755. The summed E-state index contributed by atoms with van der Waals surface area (Å²) >= 11 is 0. The number of nitrogens with zero attached hydrogens (tertiary/aromatic N) is 1. The second-order valence-corrected chi connectivity index (χ2v) is 3.37. The zero-order valence-electron chi connectivity index (χ0n) is 8.18. The number of benzene rings is 1. The second kappa shape index (κ2) is 4.04. The molecular weight excluding hydrogens is 192 g/mol. The summed E-state index contributed by atoms with van der Waals surface area (Å²) in [6, 6.07) is 9.75. The first-order valence-corrected chi connectivity index (χ1v) is 4.73. The Morgan fingerprint density at radius 3 is 2.73 bits per heavy atom. The number of carboxylic acid groups (broad SMARTS) is 1. The molecule has 1 heterocycles. The van der Waals surface area contributed by atoms with E-state index in [1.165, 1.54) is 0 Å². The molecule has 1 aromatic rings. The Morgan fingerprint density at radius 1 is 1.33 bits per heavy atom. The van der Waals surface area contributed by atoms with Crippen LogP contribution in [0.3, 0.4) is 0 Å². The number of nitrogens with one attached hydrogen (secondary N) is 1. The molecule has 0 aliphatic carbocycles. The average molecular weight is 204 g/mol. The van der Waals surface area contributed by atoms with E-state index in [1.807, 2.05) is 35.2 Å². The van der Waals surface area contributed by atoms with E-state index in [4.69, 9.17) is 5.11 Å². The minimum absolute atomic E-state index is 0.380. The van der Waals surface area contributed by atoms with Crippen molar-refractivity contribution >= 4 is 11.7 Å². The van der Waals surface area contributed by atoms with E-state index in [-0.39, 0.29) is 0 Å². The maximum absolute atomic E-state index is 10.8. The van der Waals surface area contributed by atoms with Crippen molar-refractivity contribution in [2.75, 3.05) is 18.1 Å². The number of carbonyl (C=O) groups is 1. The van der Waals surface area contributed by atoms with E-state index in [1.54, 1.807) is 6.20 Å². The lowest BCUT2D eigenvalue weighted by atomic mass is 10.2. The Morgan fingerprint density at radius 2 is 2.07 bits per heavy atom. The number of carboxylic acids is 1. The number of anilines is 1. The Balaban J connectivity index is 2.15. The van der Waals surface area contributed by atoms with Crippen LogP contribution in [0.15, 0.2) is 42.1 Å². The fourth-order valence-corrected chi connectivity index (χ4v) is 1.54. The van der Waals surface area contributed by atoms with Crippen molar-refractivity contribution < 1.29 is 9.90 Å². The van der Waals surface area contributed by atoms with Gasteiger partial charge in [0.15, 0.2) is 0 Å². The van der Waals surface area contributed by atoms with Crippen molar-refractivity contribution in [2.45, 2.75) is 0 Å². The molecule has 0 saturated heterocycles. The highest BCUT2D eigenvalue weighted by molar-refractivity contribution is 5.88. The zero-order valence-corrected chi connectivity index (χ0v) is 8.18. The van der Waals surface area contributed by atoms with Crippen molar-refractivity contribution in [3.63, 3.8) is 0 Å². The Hall–Kier alpha value is -1.97. The number of aliphatic carboxylic acids is 1. The van der Waals surface area contributed by atoms with Crippen LogP contribution in [-0.4, -0.2) is 24.3 Å². The molecular formula is C11H12N2O2. The van der Waals surface area contributed by atoms with E-state index in [2.05, 4.69) is 5.32 Å². The van der Waals surface area contributed by atoms with Gasteiger partial charge in [-0.3, -0.25) is 0 Å². The Kier molecular flexibility index (Phi) is 2.58. The van der Waals surface area contributed by atoms with Gasteiger partial charge >= 0.3 is 5.97 Å². The van der Waals surface area contributed by atoms with Gasteiger partial charge in [0.25, 0.3) is 0 Å². The standard InChI is InChI=1S/C11H12N2O2/c14-11(15)9-6-12-8-13(7-9)10-4-2-1-3-5-10/h1-6,12H,7-8H2,(H,14,15). The molecule has 0 bridgehead atoms. The number of para-hydroxylation sites is 1. The molecule has 0 atom stereocenters. The third-order valence-electron chi connectivity index (χ3n) is 2.32. The summed E-state index contributed by atoms with van der Waals surface area (Å²) in [4.78, 5) is 12.8. The van der Waals surface area contributed by atoms with Crippen molar-refractivity contribution in [3.8, 4) is 0 Å². The first kappa shape index (κ1) is 9.58. The third-order valence-corrected chi connectivity index (χ3v) is 2.32. The van der Waals surface area contributed by atoms with Crippen LogP contribution in [0.2, 0.25) is 0 Å². The Bertz CT molecular complexity index is 387. The molecule has 2 rings (SSSR count). The van der Waals surface area contributed by atoms with E-state index >= 15 is 0 Å². The zero-order chi connectivity index (χ0) is 10.7. The monoisotopic (exact) mass is 204 g/mol. The van der Waals surface area contributed by atoms with Crippen molar-refractivity contribution in [1.29, 1.82) is 0 Å². The van der Waals surface area contributed by atoms with Gasteiger partial charge in [0.05, 0.1) is 18.8 Å². The van der Waals surface area contributed by atoms with Crippen molar-refractivity contribution in [3.05, 3.63) is 42.1 Å². The molecule has 1 aliphatic rings. The van der Waals surface area contributed by atoms with Crippen LogP contribution < -0.4 is 10.2 Å². The molecule has 78 valence electrons. The summed E-state index contributed by atoms with van der Waals surface area (Å²) in [5.74, 6) is -0.872. The minimum atomic E-state index is -0.872. The van der Waals surface area contributed by atoms with Crippen molar-refractivity contribution in [1.82, 2.24) is 5.32 Å². The lowest BCUT2D eigenvalue weighted by molar-refractivity contribution is -0.132. The van der Waals surface area contributed by atoms with Crippen LogP contribution >= 0.6 is 0 Å². The van der Waals surface area contributed by atoms with Gasteiger partial charge in [0.2, 0.25) is 0 Å². The van der Waals surface area contributed by atoms with E-state index in [0.717, 1.165) is 5.69 Å². The molecule has 4 heteroatoms. The normalized spacial score (nSPS) is 15.5. The SMILES string of the molecule is O=C(O)C1=CNCN(c2ccccc2)C1. The van der Waals surface area contributed by atoms with Gasteiger partial charge in [-0.1, -0.05) is 18.2 Å². The maximum Gasteiger partial charge on any atom is 0.334 e. The summed E-state index contributed by atoms with van der Waals surface area (Å²) in [5, 5.41) is 11.8. The van der Waals surface area contributed by atoms with Crippen LogP contribution in [-0.2, 0) is 4.79 Å². The van der Waals surface area contributed by atoms with E-state index in [0.29, 0.717) is 18.8 Å². The second-order valence-electron chi connectivity index (χ2n) is 3.37. The van der Waals surface area contributed by atoms with Crippen LogP contribution in [0.5, 0.6) is 0 Å². The largest absolute Gasteiger partial charge is 0.478 e. The molecule has 0 spiro atoms. The first-order valence-electron chi connectivity index (χ1n) is 4.73. The highest BCUT2D eigenvalue weighted by Gasteiger charge is 2.16. The van der Waals surface area contributed by atoms with E-state index < -0.39 is 5.97 Å². The predicted octanol–water partition coefficient (Wildman–Crippen LogP) is 1.02. The molecule has 0 saturated carbocycles. The predicted molar refractivity (Wildman–Crippen MR) is 57.5 cm³/mol. The summed E-state index contributed by atoms with van der Waals surface area (Å²) in [6.07, 6.45) is 1.56. The van der Waals surface area contributed by atoms with Gasteiger partial charge in [-0.25, -0.2) is 4.79 Å². The fraction of sp³-hybridized carbons (Fsp3) is 0.182. The smallest absolute Gasteiger partial charge is 0.334 e. The molecule has 4 nitrogen and oxygen atoms in total. The van der Waals surface area contributed by atoms with Gasteiger partial charge < -0.3 is 15.3 Å². The molecule has 1 aromatic carbocycles. The maximum atomic E-state index is 10.8. The molecule has 0 aromatic heterocycles. The lowest BCUT2D eigenvalue weighted by Gasteiger charge is -2.28. The molecule has 0 radical (unpaired) electrons. The van der Waals surface area contributed by atoms with Crippen LogP contribution in [0.25, 0.3) is 0 Å². The minimum Gasteiger partial charge on any atom is -0.478 e. The summed E-state index contributed by atoms with van der Waals surface area (Å²) in [6.45, 7) is 1.08. The summed E-state index contributed by atoms with van der Waals surface area (Å²) in [7, 11) is 0. The molecule has 1 aliphatic heterocycles. The van der Waals surface area contributed by atoms with Crippen LogP contribution in [0.4, 0.5) is 5.69 Å². The van der Waals surface area contributed by atoms with Crippen LogP contribution in [0.1, 0.15) is 0 Å². The van der Waals surface area contributed by atoms with Gasteiger partial charge in [0, 0.05) is 11.9 Å². The van der Waals surface area contributed by atoms with E-state index in [9.17, 15) is 4.79 Å². The molecule has 0 fully saturated rings. The number of rotatable bonds is 2. The topological polar surface area (TPSA) is 52.6 Å². The van der Waals surface area contributed by atoms with Gasteiger partial charge in [-0.2, -0.15) is 0 Å². The van der Waals surface area contributed by atoms with Gasteiger partial charge in [-0.15, -0.1) is 0 Å². The molecule has 0 amide bonds. The number of hydrogen-bond acceptors (Lipinski definition) is 3. The lowest BCUT2D eigenvalue weighted by Crippen LogP contribution is -2.39. The summed E-state index contributed by atoms with van der Waals surface area (Å²) < 4.78 is 0. The average Bonchev–Trinajstić information content (AvgIpc) is 2.30. The molecule has 2 N–H and O–H groups in total. The van der Waals surface area contributed by atoms with Gasteiger partial charge in [-0.05, 0) is 12.1 Å². The van der Waals surface area contributed by atoms with Crippen molar-refractivity contribution in [2.24, 2.45) is 0 Å². The molecule has 15 heavy (non-hydrogen) atoms. The number of hydrogen-bond donors (Lipinski definition) is 2. The molecule has 0 unspecified atom stereocenters. The fourth-order valence-electron chi connectivity index (χ4n) is 1.54. The van der Waals surface area contributed by atoms with Gasteiger partial charge in [0.1, 0.15) is 0 Å².